The van der Waals surface area contributed by atoms with E-state index in [9.17, 15) is 14.9 Å². The van der Waals surface area contributed by atoms with Crippen molar-refractivity contribution in [2.75, 3.05) is 30.4 Å². The lowest BCUT2D eigenvalue weighted by Gasteiger charge is -2.30. The summed E-state index contributed by atoms with van der Waals surface area (Å²) in [7, 11) is 1.28. The fourth-order valence-corrected chi connectivity index (χ4v) is 3.09. The molecule has 0 unspecified atom stereocenters. The van der Waals surface area contributed by atoms with E-state index in [2.05, 4.69) is 22.2 Å². The van der Waals surface area contributed by atoms with Crippen molar-refractivity contribution in [3.63, 3.8) is 0 Å². The summed E-state index contributed by atoms with van der Waals surface area (Å²) in [5, 5.41) is 14.7. The maximum atomic E-state index is 12.0. The average molecular weight is 371 g/mol. The average Bonchev–Trinajstić information content (AvgIpc) is 2.68. The Bertz CT molecular complexity index is 849. The predicted molar refractivity (Wildman–Crippen MR) is 100 cm³/mol. The van der Waals surface area contributed by atoms with Crippen molar-refractivity contribution in [3.05, 3.63) is 46.3 Å². The molecular formula is C18H21N5O4. The molecular weight excluding hydrogens is 350 g/mol. The van der Waals surface area contributed by atoms with Crippen LogP contribution in [0.25, 0.3) is 0 Å². The van der Waals surface area contributed by atoms with Crippen LogP contribution in [0.2, 0.25) is 0 Å². The first kappa shape index (κ1) is 18.6. The van der Waals surface area contributed by atoms with Crippen LogP contribution >= 0.6 is 0 Å². The normalized spacial score (nSPS) is 14.7. The van der Waals surface area contributed by atoms with E-state index in [0.717, 1.165) is 12.8 Å². The number of nitrogens with one attached hydrogen (secondary N) is 1. The van der Waals surface area contributed by atoms with Gasteiger partial charge in [0.05, 0.1) is 23.3 Å². The lowest BCUT2D eigenvalue weighted by molar-refractivity contribution is -0.383. The molecule has 142 valence electrons. The number of carbonyl (C=O) groups excluding carboxylic acids is 1. The number of nitrogens with zero attached hydrogens (tertiary/aromatic N) is 4. The van der Waals surface area contributed by atoms with Crippen molar-refractivity contribution in [1.82, 2.24) is 9.97 Å². The number of ether oxygens (including phenoxy) is 1. The maximum Gasteiger partial charge on any atom is 0.353 e. The van der Waals surface area contributed by atoms with Gasteiger partial charge < -0.3 is 15.0 Å². The minimum Gasteiger partial charge on any atom is -0.465 e. The van der Waals surface area contributed by atoms with Gasteiger partial charge in [-0.05, 0) is 30.9 Å². The molecule has 1 aromatic heterocycles. The number of nitro groups is 1. The zero-order valence-electron chi connectivity index (χ0n) is 15.2. The SMILES string of the molecule is COC(=O)c1ccccc1Nc1ncnc(N2CCC(C)CC2)c1[N+](=O)[O-]. The number of aromatic nitrogens is 2. The molecule has 1 N–H and O–H groups in total. The van der Waals surface area contributed by atoms with E-state index in [1.807, 2.05) is 4.90 Å². The first-order valence-electron chi connectivity index (χ1n) is 8.70. The number of piperidine rings is 1. The maximum absolute atomic E-state index is 12.0. The Morgan fingerprint density at radius 2 is 2.00 bits per heavy atom. The number of hydrogen-bond donors (Lipinski definition) is 1. The molecule has 1 aliphatic rings. The highest BCUT2D eigenvalue weighted by atomic mass is 16.6. The highest BCUT2D eigenvalue weighted by Gasteiger charge is 2.29. The zero-order valence-corrected chi connectivity index (χ0v) is 15.2. The third-order valence-corrected chi connectivity index (χ3v) is 4.65. The van der Waals surface area contributed by atoms with Crippen LogP contribution in [-0.2, 0) is 4.74 Å². The summed E-state index contributed by atoms with van der Waals surface area (Å²) >= 11 is 0. The minimum atomic E-state index is -0.542. The molecule has 2 aromatic rings. The monoisotopic (exact) mass is 371 g/mol. The van der Waals surface area contributed by atoms with Crippen LogP contribution in [0.4, 0.5) is 23.0 Å². The zero-order chi connectivity index (χ0) is 19.4. The molecule has 0 aliphatic carbocycles. The molecule has 0 bridgehead atoms. The van der Waals surface area contributed by atoms with E-state index in [1.165, 1.54) is 13.4 Å². The van der Waals surface area contributed by atoms with Crippen molar-refractivity contribution < 1.29 is 14.5 Å². The molecule has 1 saturated heterocycles. The molecule has 2 heterocycles. The third kappa shape index (κ3) is 3.97. The van der Waals surface area contributed by atoms with Crippen LogP contribution in [0.5, 0.6) is 0 Å². The van der Waals surface area contributed by atoms with Gasteiger partial charge in [0.2, 0.25) is 11.6 Å². The molecule has 3 rings (SSSR count). The predicted octanol–water partition coefficient (Wildman–Crippen LogP) is 3.15. The topological polar surface area (TPSA) is 110 Å². The van der Waals surface area contributed by atoms with Gasteiger partial charge in [0.15, 0.2) is 0 Å². The van der Waals surface area contributed by atoms with Crippen molar-refractivity contribution in [2.24, 2.45) is 5.92 Å². The number of rotatable bonds is 5. The second-order valence-corrected chi connectivity index (χ2v) is 6.48. The van der Waals surface area contributed by atoms with E-state index in [1.54, 1.807) is 24.3 Å². The lowest BCUT2D eigenvalue weighted by atomic mass is 9.99. The van der Waals surface area contributed by atoms with Crippen LogP contribution in [0.1, 0.15) is 30.1 Å². The van der Waals surface area contributed by atoms with Crippen molar-refractivity contribution >= 4 is 29.0 Å². The Morgan fingerprint density at radius 3 is 2.67 bits per heavy atom. The second kappa shape index (κ2) is 7.98. The van der Waals surface area contributed by atoms with Gasteiger partial charge in [-0.25, -0.2) is 14.8 Å². The Morgan fingerprint density at radius 1 is 1.30 bits per heavy atom. The van der Waals surface area contributed by atoms with E-state index in [4.69, 9.17) is 4.74 Å². The molecule has 0 radical (unpaired) electrons. The first-order chi connectivity index (χ1) is 13.0. The summed E-state index contributed by atoms with van der Waals surface area (Å²) in [6.45, 7) is 3.58. The van der Waals surface area contributed by atoms with E-state index in [0.29, 0.717) is 30.5 Å². The van der Waals surface area contributed by atoms with Crippen molar-refractivity contribution in [2.45, 2.75) is 19.8 Å². The van der Waals surface area contributed by atoms with Gasteiger partial charge in [-0.3, -0.25) is 10.1 Å². The highest BCUT2D eigenvalue weighted by Crippen LogP contribution is 2.35. The highest BCUT2D eigenvalue weighted by molar-refractivity contribution is 5.96. The largest absolute Gasteiger partial charge is 0.465 e. The van der Waals surface area contributed by atoms with Gasteiger partial charge in [-0.1, -0.05) is 19.1 Å². The summed E-state index contributed by atoms with van der Waals surface area (Å²) < 4.78 is 4.77. The summed E-state index contributed by atoms with van der Waals surface area (Å²) in [6.07, 6.45) is 3.20. The molecule has 1 aliphatic heterocycles. The van der Waals surface area contributed by atoms with Crippen molar-refractivity contribution in [1.29, 1.82) is 0 Å². The van der Waals surface area contributed by atoms with Crippen LogP contribution in [0.3, 0.4) is 0 Å². The van der Waals surface area contributed by atoms with Gasteiger partial charge in [0.1, 0.15) is 6.33 Å². The van der Waals surface area contributed by atoms with Gasteiger partial charge in [0, 0.05) is 13.1 Å². The fraction of sp³-hybridized carbons (Fsp3) is 0.389. The summed E-state index contributed by atoms with van der Waals surface area (Å²) in [6, 6.07) is 6.62. The fourth-order valence-electron chi connectivity index (χ4n) is 3.09. The van der Waals surface area contributed by atoms with Crippen LogP contribution in [-0.4, -0.2) is 41.1 Å². The molecule has 0 amide bonds. The lowest BCUT2D eigenvalue weighted by Crippen LogP contribution is -2.34. The van der Waals surface area contributed by atoms with E-state index < -0.39 is 10.9 Å². The number of esters is 1. The van der Waals surface area contributed by atoms with Gasteiger partial charge >= 0.3 is 11.7 Å². The molecule has 1 aromatic carbocycles. The molecule has 0 spiro atoms. The van der Waals surface area contributed by atoms with Crippen molar-refractivity contribution in [3.8, 4) is 0 Å². The van der Waals surface area contributed by atoms with Gasteiger partial charge in [-0.15, -0.1) is 0 Å². The molecule has 9 heteroatoms. The first-order valence-corrected chi connectivity index (χ1v) is 8.70. The smallest absolute Gasteiger partial charge is 0.353 e. The Labute approximate surface area is 156 Å². The van der Waals surface area contributed by atoms with E-state index in [-0.39, 0.29) is 17.1 Å². The van der Waals surface area contributed by atoms with Crippen LogP contribution in [0, 0.1) is 16.0 Å². The van der Waals surface area contributed by atoms with Crippen LogP contribution < -0.4 is 10.2 Å². The number of benzene rings is 1. The molecule has 0 atom stereocenters. The van der Waals surface area contributed by atoms with E-state index >= 15 is 0 Å². The molecule has 27 heavy (non-hydrogen) atoms. The summed E-state index contributed by atoms with van der Waals surface area (Å²) in [5.74, 6) is 0.381. The third-order valence-electron chi connectivity index (χ3n) is 4.65. The minimum absolute atomic E-state index is 0.0416. The van der Waals surface area contributed by atoms with Crippen LogP contribution in [0.15, 0.2) is 30.6 Å². The standard InChI is InChI=1S/C18H21N5O4/c1-12-7-9-22(10-8-12)17-15(23(25)26)16(19-11-20-17)21-14-6-4-3-5-13(14)18(24)27-2/h3-6,11-12H,7-10H2,1-2H3,(H,19,20,21). The summed E-state index contributed by atoms with van der Waals surface area (Å²) in [5.41, 5.74) is 0.442. The molecule has 1 fully saturated rings. The second-order valence-electron chi connectivity index (χ2n) is 6.48. The quantitative estimate of drug-likeness (QED) is 0.485. The Hall–Kier alpha value is -3.23. The van der Waals surface area contributed by atoms with Gasteiger partial charge in [-0.2, -0.15) is 0 Å². The number of para-hydroxylation sites is 1. The Kier molecular flexibility index (Phi) is 5.49. The summed E-state index contributed by atoms with van der Waals surface area (Å²) in [4.78, 5) is 33.4. The number of hydrogen-bond acceptors (Lipinski definition) is 8. The molecule has 0 saturated carbocycles. The Balaban J connectivity index is 1.99. The number of methoxy groups -OCH3 is 1. The molecule has 9 nitrogen and oxygen atoms in total. The number of anilines is 3. The number of carbonyl (C=O) groups is 1. The van der Waals surface area contributed by atoms with Gasteiger partial charge in [0.25, 0.3) is 0 Å².